The SMILES string of the molecule is Cc1nc2ccc(NC(=O)CCn3ncc4c(C)cccc43)cc2s1. The maximum Gasteiger partial charge on any atom is 0.226 e. The molecule has 2 aromatic heterocycles. The second-order valence-corrected chi connectivity index (χ2v) is 7.32. The Bertz CT molecular complexity index is 1080. The van der Waals surface area contributed by atoms with Crippen molar-refractivity contribution in [3.8, 4) is 0 Å². The average Bonchev–Trinajstić information content (AvgIpc) is 3.16. The van der Waals surface area contributed by atoms with Crippen molar-refractivity contribution >= 4 is 44.1 Å². The molecule has 1 N–H and O–H groups in total. The molecule has 126 valence electrons. The fourth-order valence-electron chi connectivity index (χ4n) is 2.97. The van der Waals surface area contributed by atoms with Crippen molar-refractivity contribution in [2.24, 2.45) is 0 Å². The normalized spacial score (nSPS) is 11.3. The predicted molar refractivity (Wildman–Crippen MR) is 102 cm³/mol. The van der Waals surface area contributed by atoms with E-state index in [1.165, 1.54) is 5.56 Å². The molecule has 4 aromatic rings. The molecule has 5 nitrogen and oxygen atoms in total. The van der Waals surface area contributed by atoms with E-state index in [-0.39, 0.29) is 5.91 Å². The Morgan fingerprint density at radius 3 is 3.00 bits per heavy atom. The van der Waals surface area contributed by atoms with Gasteiger partial charge < -0.3 is 5.32 Å². The van der Waals surface area contributed by atoms with E-state index in [1.54, 1.807) is 11.3 Å². The molecule has 0 saturated carbocycles. The number of fused-ring (bicyclic) bond motifs is 2. The van der Waals surface area contributed by atoms with E-state index >= 15 is 0 Å². The summed E-state index contributed by atoms with van der Waals surface area (Å²) in [4.78, 5) is 16.7. The Kier molecular flexibility index (Phi) is 3.97. The van der Waals surface area contributed by atoms with Crippen LogP contribution < -0.4 is 5.32 Å². The molecule has 4 rings (SSSR count). The third kappa shape index (κ3) is 3.13. The lowest BCUT2D eigenvalue weighted by Crippen LogP contribution is -2.14. The molecule has 25 heavy (non-hydrogen) atoms. The van der Waals surface area contributed by atoms with Gasteiger partial charge in [0.15, 0.2) is 0 Å². The minimum absolute atomic E-state index is 0.0168. The van der Waals surface area contributed by atoms with Crippen LogP contribution in [0.15, 0.2) is 42.6 Å². The number of nitrogens with one attached hydrogen (secondary N) is 1. The number of carbonyl (C=O) groups excluding carboxylic acids is 1. The number of carbonyl (C=O) groups is 1. The molecule has 6 heteroatoms. The number of amides is 1. The average molecular weight is 350 g/mol. The molecular formula is C19H18N4OS. The van der Waals surface area contributed by atoms with Crippen LogP contribution in [0.4, 0.5) is 5.69 Å². The van der Waals surface area contributed by atoms with E-state index in [0.29, 0.717) is 13.0 Å². The van der Waals surface area contributed by atoms with Crippen molar-refractivity contribution in [3.63, 3.8) is 0 Å². The van der Waals surface area contributed by atoms with E-state index in [9.17, 15) is 4.79 Å². The molecule has 2 heterocycles. The minimum atomic E-state index is -0.0168. The van der Waals surface area contributed by atoms with Gasteiger partial charge in [0.2, 0.25) is 5.91 Å². The Morgan fingerprint density at radius 1 is 1.24 bits per heavy atom. The zero-order valence-electron chi connectivity index (χ0n) is 14.1. The van der Waals surface area contributed by atoms with E-state index in [4.69, 9.17) is 0 Å². The molecule has 0 bridgehead atoms. The van der Waals surface area contributed by atoms with Crippen molar-refractivity contribution in [2.75, 3.05) is 5.32 Å². The lowest BCUT2D eigenvalue weighted by Gasteiger charge is -2.06. The van der Waals surface area contributed by atoms with Gasteiger partial charge in [-0.2, -0.15) is 5.10 Å². The maximum atomic E-state index is 12.3. The van der Waals surface area contributed by atoms with Crippen LogP contribution in [0, 0.1) is 13.8 Å². The molecule has 1 amide bonds. The van der Waals surface area contributed by atoms with Gasteiger partial charge in [0.05, 0.1) is 33.5 Å². The summed E-state index contributed by atoms with van der Waals surface area (Å²) in [5, 5.41) is 9.53. The molecular weight excluding hydrogens is 332 g/mol. The van der Waals surface area contributed by atoms with Gasteiger partial charge in [-0.25, -0.2) is 4.98 Å². The smallest absolute Gasteiger partial charge is 0.226 e. The fourth-order valence-corrected chi connectivity index (χ4v) is 3.84. The first-order valence-corrected chi connectivity index (χ1v) is 9.00. The fraction of sp³-hybridized carbons (Fsp3) is 0.211. The lowest BCUT2D eigenvalue weighted by molar-refractivity contribution is -0.116. The van der Waals surface area contributed by atoms with Gasteiger partial charge in [0.1, 0.15) is 0 Å². The second kappa shape index (κ2) is 6.29. The van der Waals surface area contributed by atoms with Crippen LogP contribution in [0.3, 0.4) is 0 Å². The summed E-state index contributed by atoms with van der Waals surface area (Å²) < 4.78 is 2.97. The highest BCUT2D eigenvalue weighted by Crippen LogP contribution is 2.25. The van der Waals surface area contributed by atoms with E-state index in [0.717, 1.165) is 31.8 Å². The van der Waals surface area contributed by atoms with Gasteiger partial charge in [-0.15, -0.1) is 11.3 Å². The van der Waals surface area contributed by atoms with Crippen LogP contribution in [0.25, 0.3) is 21.1 Å². The lowest BCUT2D eigenvalue weighted by atomic mass is 10.1. The number of aryl methyl sites for hydroxylation is 3. The number of rotatable bonds is 4. The van der Waals surface area contributed by atoms with E-state index in [1.807, 2.05) is 48.1 Å². The predicted octanol–water partition coefficient (Wildman–Crippen LogP) is 4.29. The summed E-state index contributed by atoms with van der Waals surface area (Å²) in [6, 6.07) is 11.9. The summed E-state index contributed by atoms with van der Waals surface area (Å²) in [5.74, 6) is -0.0168. The molecule has 0 saturated heterocycles. The molecule has 0 aliphatic heterocycles. The van der Waals surface area contributed by atoms with Crippen molar-refractivity contribution in [2.45, 2.75) is 26.8 Å². The van der Waals surface area contributed by atoms with Crippen molar-refractivity contribution in [1.82, 2.24) is 14.8 Å². The summed E-state index contributed by atoms with van der Waals surface area (Å²) in [6.45, 7) is 4.61. The van der Waals surface area contributed by atoms with Crippen LogP contribution in [0.2, 0.25) is 0 Å². The summed E-state index contributed by atoms with van der Waals surface area (Å²) in [7, 11) is 0. The molecule has 2 aromatic carbocycles. The first-order chi connectivity index (χ1) is 12.1. The quantitative estimate of drug-likeness (QED) is 0.597. The molecule has 0 aliphatic carbocycles. The number of thiazole rings is 1. The molecule has 0 fully saturated rings. The number of hydrogen-bond donors (Lipinski definition) is 1. The van der Waals surface area contributed by atoms with Crippen LogP contribution >= 0.6 is 11.3 Å². The van der Waals surface area contributed by atoms with E-state index < -0.39 is 0 Å². The van der Waals surface area contributed by atoms with E-state index in [2.05, 4.69) is 28.4 Å². The number of hydrogen-bond acceptors (Lipinski definition) is 4. The third-order valence-corrected chi connectivity index (χ3v) is 5.17. The highest BCUT2D eigenvalue weighted by Gasteiger charge is 2.08. The standard InChI is InChI=1S/C19H18N4OS/c1-12-4-3-5-17-15(12)11-20-23(17)9-8-19(24)22-14-6-7-16-18(10-14)25-13(2)21-16/h3-7,10-11H,8-9H2,1-2H3,(H,22,24). The largest absolute Gasteiger partial charge is 0.326 e. The van der Waals surface area contributed by atoms with Gasteiger partial charge in [0.25, 0.3) is 0 Å². The number of benzene rings is 2. The van der Waals surface area contributed by atoms with Crippen LogP contribution in [-0.2, 0) is 11.3 Å². The van der Waals surface area contributed by atoms with Crippen LogP contribution in [0.5, 0.6) is 0 Å². The molecule has 0 unspecified atom stereocenters. The maximum absolute atomic E-state index is 12.3. The molecule has 0 aliphatic rings. The highest BCUT2D eigenvalue weighted by molar-refractivity contribution is 7.18. The summed E-state index contributed by atoms with van der Waals surface area (Å²) in [6.07, 6.45) is 2.24. The summed E-state index contributed by atoms with van der Waals surface area (Å²) in [5.41, 5.74) is 4.04. The number of nitrogens with zero attached hydrogens (tertiary/aromatic N) is 3. The first kappa shape index (κ1) is 15.8. The Morgan fingerprint density at radius 2 is 2.12 bits per heavy atom. The first-order valence-electron chi connectivity index (χ1n) is 8.18. The van der Waals surface area contributed by atoms with Gasteiger partial charge >= 0.3 is 0 Å². The Labute approximate surface area is 149 Å². The zero-order valence-corrected chi connectivity index (χ0v) is 14.9. The molecule has 0 spiro atoms. The second-order valence-electron chi connectivity index (χ2n) is 6.09. The van der Waals surface area contributed by atoms with Crippen molar-refractivity contribution in [3.05, 3.63) is 53.2 Å². The van der Waals surface area contributed by atoms with Crippen LogP contribution in [-0.4, -0.2) is 20.7 Å². The monoisotopic (exact) mass is 350 g/mol. The van der Waals surface area contributed by atoms with Gasteiger partial charge in [0, 0.05) is 17.5 Å². The number of anilines is 1. The Hall–Kier alpha value is -2.73. The van der Waals surface area contributed by atoms with Crippen molar-refractivity contribution in [1.29, 1.82) is 0 Å². The Balaban J connectivity index is 1.45. The number of aromatic nitrogens is 3. The van der Waals surface area contributed by atoms with Gasteiger partial charge in [-0.1, -0.05) is 12.1 Å². The minimum Gasteiger partial charge on any atom is -0.326 e. The highest BCUT2D eigenvalue weighted by atomic mass is 32.1. The van der Waals surface area contributed by atoms with Crippen molar-refractivity contribution < 1.29 is 4.79 Å². The zero-order chi connectivity index (χ0) is 17.4. The van der Waals surface area contributed by atoms with Crippen LogP contribution in [0.1, 0.15) is 17.0 Å². The van der Waals surface area contributed by atoms with Gasteiger partial charge in [-0.3, -0.25) is 9.48 Å². The third-order valence-electron chi connectivity index (χ3n) is 4.24. The molecule has 0 atom stereocenters. The summed E-state index contributed by atoms with van der Waals surface area (Å²) >= 11 is 1.63. The van der Waals surface area contributed by atoms with Gasteiger partial charge in [-0.05, 0) is 43.7 Å². The molecule has 0 radical (unpaired) electrons. The topological polar surface area (TPSA) is 59.8 Å².